The number of ether oxygens (including phenoxy) is 1. The number of piperazine rings is 1. The summed E-state index contributed by atoms with van der Waals surface area (Å²) in [6, 6.07) is 15.3. The molecule has 1 heterocycles. The molecule has 6 nitrogen and oxygen atoms in total. The Morgan fingerprint density at radius 3 is 2.59 bits per heavy atom. The first-order valence-corrected chi connectivity index (χ1v) is 9.06. The zero-order valence-electron chi connectivity index (χ0n) is 15.9. The van der Waals surface area contributed by atoms with E-state index in [9.17, 15) is 9.59 Å². The molecule has 0 saturated carbocycles. The molecule has 1 aliphatic heterocycles. The summed E-state index contributed by atoms with van der Waals surface area (Å²) >= 11 is 0. The van der Waals surface area contributed by atoms with Crippen molar-refractivity contribution >= 4 is 23.4 Å². The number of carbonyl (C=O) groups excluding carboxylic acids is 2. The van der Waals surface area contributed by atoms with Gasteiger partial charge in [-0.1, -0.05) is 24.3 Å². The predicted molar refractivity (Wildman–Crippen MR) is 106 cm³/mol. The van der Waals surface area contributed by atoms with Gasteiger partial charge in [-0.25, -0.2) is 9.59 Å². The number of hydrogen-bond donors (Lipinski definition) is 1. The lowest BCUT2D eigenvalue weighted by Crippen LogP contribution is -2.54. The van der Waals surface area contributed by atoms with Crippen LogP contribution in [0.15, 0.2) is 48.5 Å². The van der Waals surface area contributed by atoms with E-state index in [0.29, 0.717) is 24.3 Å². The molecule has 0 spiro atoms. The van der Waals surface area contributed by atoms with Crippen LogP contribution in [0, 0.1) is 6.92 Å². The van der Waals surface area contributed by atoms with Crippen molar-refractivity contribution in [3.63, 3.8) is 0 Å². The molecular formula is C21H25N3O3. The molecule has 142 valence electrons. The molecule has 0 radical (unpaired) electrons. The molecule has 1 atom stereocenters. The average molecular weight is 367 g/mol. The third-order valence-corrected chi connectivity index (χ3v) is 4.82. The molecule has 1 saturated heterocycles. The highest BCUT2D eigenvalue weighted by Gasteiger charge is 2.27. The van der Waals surface area contributed by atoms with Gasteiger partial charge in [0.25, 0.3) is 0 Å². The van der Waals surface area contributed by atoms with Crippen LogP contribution in [0.25, 0.3) is 0 Å². The average Bonchev–Trinajstić information content (AvgIpc) is 2.67. The topological polar surface area (TPSA) is 61.9 Å². The molecule has 2 aromatic rings. The first-order valence-electron chi connectivity index (χ1n) is 9.06. The molecule has 2 aromatic carbocycles. The van der Waals surface area contributed by atoms with Gasteiger partial charge in [-0.2, -0.15) is 0 Å². The van der Waals surface area contributed by atoms with Crippen molar-refractivity contribution in [2.45, 2.75) is 19.9 Å². The summed E-state index contributed by atoms with van der Waals surface area (Å²) in [5.74, 6) is -0.469. The van der Waals surface area contributed by atoms with Gasteiger partial charge < -0.3 is 19.9 Å². The summed E-state index contributed by atoms with van der Waals surface area (Å²) in [6.07, 6.45) is 0. The van der Waals surface area contributed by atoms with Gasteiger partial charge in [0.1, 0.15) is 0 Å². The molecule has 1 aliphatic rings. The summed E-state index contributed by atoms with van der Waals surface area (Å²) < 4.78 is 4.78. The number of para-hydroxylation sites is 1. The Hall–Kier alpha value is -3.02. The minimum absolute atomic E-state index is 0.196. The predicted octanol–water partition coefficient (Wildman–Crippen LogP) is 3.52. The number of benzene rings is 2. The largest absolute Gasteiger partial charge is 0.465 e. The number of amides is 2. The van der Waals surface area contributed by atoms with E-state index in [4.69, 9.17) is 4.74 Å². The number of nitrogens with one attached hydrogen (secondary N) is 1. The lowest BCUT2D eigenvalue weighted by molar-refractivity contribution is 0.0602. The SMILES string of the molecule is COC(=O)c1ccccc1NC(=O)N1CCN(c2cccc(C)c2)C(C)C1. The molecule has 1 unspecified atom stereocenters. The minimum Gasteiger partial charge on any atom is -0.465 e. The first-order chi connectivity index (χ1) is 13.0. The Kier molecular flexibility index (Phi) is 5.64. The highest BCUT2D eigenvalue weighted by Crippen LogP contribution is 2.23. The van der Waals surface area contributed by atoms with E-state index in [0.717, 1.165) is 6.54 Å². The van der Waals surface area contributed by atoms with Crippen LogP contribution in [-0.2, 0) is 4.74 Å². The number of urea groups is 1. The summed E-state index contributed by atoms with van der Waals surface area (Å²) in [6.45, 7) is 6.18. The summed E-state index contributed by atoms with van der Waals surface area (Å²) in [7, 11) is 1.33. The molecule has 6 heteroatoms. The standard InChI is InChI=1S/C21H25N3O3/c1-15-7-6-8-17(13-15)24-12-11-23(14-16(24)2)21(26)22-19-10-5-4-9-18(19)20(25)27-3/h4-10,13,16H,11-12,14H2,1-3H3,(H,22,26). The number of carbonyl (C=O) groups is 2. The monoisotopic (exact) mass is 367 g/mol. The molecule has 1 N–H and O–H groups in total. The molecular weight excluding hydrogens is 342 g/mol. The zero-order chi connectivity index (χ0) is 19.4. The van der Waals surface area contributed by atoms with Crippen LogP contribution in [0.4, 0.5) is 16.2 Å². The Morgan fingerprint density at radius 2 is 1.89 bits per heavy atom. The van der Waals surface area contributed by atoms with Crippen molar-refractivity contribution in [1.29, 1.82) is 0 Å². The summed E-state index contributed by atoms with van der Waals surface area (Å²) in [4.78, 5) is 28.7. The zero-order valence-corrected chi connectivity index (χ0v) is 15.9. The van der Waals surface area contributed by atoms with Crippen molar-refractivity contribution in [2.24, 2.45) is 0 Å². The van der Waals surface area contributed by atoms with Crippen LogP contribution in [-0.4, -0.2) is 49.7 Å². The third kappa shape index (κ3) is 4.22. The van der Waals surface area contributed by atoms with Crippen LogP contribution >= 0.6 is 0 Å². The maximum atomic E-state index is 12.7. The van der Waals surface area contributed by atoms with E-state index in [-0.39, 0.29) is 12.1 Å². The number of methoxy groups -OCH3 is 1. The van der Waals surface area contributed by atoms with Crippen molar-refractivity contribution < 1.29 is 14.3 Å². The Labute approximate surface area is 159 Å². The third-order valence-electron chi connectivity index (χ3n) is 4.82. The Balaban J connectivity index is 1.67. The van der Waals surface area contributed by atoms with E-state index >= 15 is 0 Å². The molecule has 0 aliphatic carbocycles. The van der Waals surface area contributed by atoms with Crippen LogP contribution in [0.3, 0.4) is 0 Å². The second-order valence-electron chi connectivity index (χ2n) is 6.79. The first kappa shape index (κ1) is 18.8. The van der Waals surface area contributed by atoms with Crippen LogP contribution in [0.2, 0.25) is 0 Å². The normalized spacial score (nSPS) is 16.8. The van der Waals surface area contributed by atoms with E-state index in [1.165, 1.54) is 18.4 Å². The van der Waals surface area contributed by atoms with E-state index in [2.05, 4.69) is 48.3 Å². The highest BCUT2D eigenvalue weighted by molar-refractivity contribution is 6.00. The lowest BCUT2D eigenvalue weighted by atomic mass is 10.1. The van der Waals surface area contributed by atoms with Crippen molar-refractivity contribution in [3.8, 4) is 0 Å². The molecule has 27 heavy (non-hydrogen) atoms. The maximum absolute atomic E-state index is 12.7. The van der Waals surface area contributed by atoms with Gasteiger partial charge >= 0.3 is 12.0 Å². The second kappa shape index (κ2) is 8.12. The molecule has 1 fully saturated rings. The fraction of sp³-hybridized carbons (Fsp3) is 0.333. The van der Waals surface area contributed by atoms with E-state index in [1.54, 1.807) is 29.2 Å². The second-order valence-corrected chi connectivity index (χ2v) is 6.79. The van der Waals surface area contributed by atoms with Crippen molar-refractivity contribution in [2.75, 3.05) is 37.0 Å². The Morgan fingerprint density at radius 1 is 1.11 bits per heavy atom. The number of aryl methyl sites for hydroxylation is 1. The van der Waals surface area contributed by atoms with Crippen molar-refractivity contribution in [3.05, 3.63) is 59.7 Å². The minimum atomic E-state index is -0.469. The maximum Gasteiger partial charge on any atom is 0.339 e. The van der Waals surface area contributed by atoms with Crippen LogP contribution in [0.1, 0.15) is 22.8 Å². The lowest BCUT2D eigenvalue weighted by Gasteiger charge is -2.41. The highest BCUT2D eigenvalue weighted by atomic mass is 16.5. The smallest absolute Gasteiger partial charge is 0.339 e. The summed E-state index contributed by atoms with van der Waals surface area (Å²) in [5.41, 5.74) is 3.21. The van der Waals surface area contributed by atoms with Gasteiger partial charge in [-0.3, -0.25) is 0 Å². The number of esters is 1. The molecule has 0 bridgehead atoms. The summed E-state index contributed by atoms with van der Waals surface area (Å²) in [5, 5.41) is 2.85. The van der Waals surface area contributed by atoms with Gasteiger partial charge in [0.15, 0.2) is 0 Å². The quantitative estimate of drug-likeness (QED) is 0.843. The molecule has 0 aromatic heterocycles. The van der Waals surface area contributed by atoms with Gasteiger partial charge in [-0.05, 0) is 43.7 Å². The van der Waals surface area contributed by atoms with Crippen molar-refractivity contribution in [1.82, 2.24) is 4.90 Å². The number of anilines is 2. The van der Waals surface area contributed by atoms with Gasteiger partial charge in [0.2, 0.25) is 0 Å². The van der Waals surface area contributed by atoms with Gasteiger partial charge in [0, 0.05) is 31.4 Å². The van der Waals surface area contributed by atoms with Gasteiger partial charge in [0.05, 0.1) is 18.4 Å². The number of rotatable bonds is 3. The number of nitrogens with zero attached hydrogens (tertiary/aromatic N) is 2. The van der Waals surface area contributed by atoms with E-state index < -0.39 is 5.97 Å². The molecule has 2 amide bonds. The fourth-order valence-electron chi connectivity index (χ4n) is 3.41. The number of hydrogen-bond acceptors (Lipinski definition) is 4. The van der Waals surface area contributed by atoms with E-state index in [1.807, 2.05) is 0 Å². The fourth-order valence-corrected chi connectivity index (χ4v) is 3.41. The Bertz CT molecular complexity index is 837. The molecule has 3 rings (SSSR count). The van der Waals surface area contributed by atoms with Gasteiger partial charge in [-0.15, -0.1) is 0 Å². The van der Waals surface area contributed by atoms with Crippen LogP contribution < -0.4 is 10.2 Å². The van der Waals surface area contributed by atoms with Crippen LogP contribution in [0.5, 0.6) is 0 Å².